The fourth-order valence-corrected chi connectivity index (χ4v) is 2.38. The SMILES string of the molecule is O=Cc1cc(S)cc2c(O)csc12. The lowest BCUT2D eigenvalue weighted by molar-refractivity contribution is 0.112. The second kappa shape index (κ2) is 3.05. The summed E-state index contributed by atoms with van der Waals surface area (Å²) in [5.41, 5.74) is 0.577. The molecule has 66 valence electrons. The molecule has 0 aliphatic carbocycles. The highest BCUT2D eigenvalue weighted by Gasteiger charge is 2.07. The lowest BCUT2D eigenvalue weighted by Crippen LogP contribution is -1.79. The van der Waals surface area contributed by atoms with Gasteiger partial charge in [-0.05, 0) is 12.1 Å². The van der Waals surface area contributed by atoms with Gasteiger partial charge in [0.2, 0.25) is 0 Å². The highest BCUT2D eigenvalue weighted by Crippen LogP contribution is 2.34. The molecule has 0 unspecified atom stereocenters. The molecule has 0 fully saturated rings. The Morgan fingerprint density at radius 3 is 2.92 bits per heavy atom. The number of benzene rings is 1. The third-order valence-electron chi connectivity index (χ3n) is 1.79. The molecule has 2 aromatic rings. The predicted octanol–water partition coefficient (Wildman–Crippen LogP) is 2.71. The van der Waals surface area contributed by atoms with Crippen molar-refractivity contribution in [3.05, 3.63) is 23.1 Å². The first-order chi connectivity index (χ1) is 6.22. The lowest BCUT2D eigenvalue weighted by Gasteiger charge is -1.96. The van der Waals surface area contributed by atoms with Crippen LogP contribution in [0.2, 0.25) is 0 Å². The highest BCUT2D eigenvalue weighted by molar-refractivity contribution is 7.80. The van der Waals surface area contributed by atoms with Crippen LogP contribution in [0.1, 0.15) is 10.4 Å². The number of thiol groups is 1. The molecule has 13 heavy (non-hydrogen) atoms. The maximum Gasteiger partial charge on any atom is 0.151 e. The zero-order valence-electron chi connectivity index (χ0n) is 6.52. The zero-order valence-corrected chi connectivity index (χ0v) is 8.23. The normalized spacial score (nSPS) is 10.5. The summed E-state index contributed by atoms with van der Waals surface area (Å²) in [6.45, 7) is 0. The molecule has 0 aliphatic rings. The number of fused-ring (bicyclic) bond motifs is 1. The van der Waals surface area contributed by atoms with E-state index in [1.165, 1.54) is 11.3 Å². The number of hydrogen-bond donors (Lipinski definition) is 2. The van der Waals surface area contributed by atoms with Crippen molar-refractivity contribution in [2.75, 3.05) is 0 Å². The van der Waals surface area contributed by atoms with E-state index < -0.39 is 0 Å². The van der Waals surface area contributed by atoms with E-state index in [0.29, 0.717) is 15.8 Å². The molecule has 0 saturated carbocycles. The van der Waals surface area contributed by atoms with Gasteiger partial charge in [-0.1, -0.05) is 0 Å². The van der Waals surface area contributed by atoms with E-state index in [1.807, 2.05) is 0 Å². The Bertz CT molecular complexity index is 474. The second-order valence-electron chi connectivity index (χ2n) is 2.65. The number of carbonyl (C=O) groups excluding carboxylic acids is 1. The smallest absolute Gasteiger partial charge is 0.151 e. The molecule has 0 spiro atoms. The van der Waals surface area contributed by atoms with Gasteiger partial charge in [0, 0.05) is 25.9 Å². The average molecular weight is 210 g/mol. The summed E-state index contributed by atoms with van der Waals surface area (Å²) in [7, 11) is 0. The summed E-state index contributed by atoms with van der Waals surface area (Å²) < 4.78 is 0.810. The van der Waals surface area contributed by atoms with Crippen LogP contribution in [0.25, 0.3) is 10.1 Å². The topological polar surface area (TPSA) is 37.3 Å². The minimum Gasteiger partial charge on any atom is -0.506 e. The maximum absolute atomic E-state index is 10.7. The van der Waals surface area contributed by atoms with Gasteiger partial charge in [-0.2, -0.15) is 0 Å². The highest BCUT2D eigenvalue weighted by atomic mass is 32.1. The average Bonchev–Trinajstić information content (AvgIpc) is 2.47. The monoisotopic (exact) mass is 210 g/mol. The van der Waals surface area contributed by atoms with Crippen LogP contribution in [0.4, 0.5) is 0 Å². The third-order valence-corrected chi connectivity index (χ3v) is 3.08. The predicted molar refractivity (Wildman–Crippen MR) is 56.1 cm³/mol. The number of thiophene rings is 1. The van der Waals surface area contributed by atoms with Gasteiger partial charge in [-0.3, -0.25) is 4.79 Å². The standard InChI is InChI=1S/C9H6O2S2/c10-3-5-1-6(12)2-7-8(11)4-13-9(5)7/h1-4,11-12H. The molecule has 0 atom stereocenters. The van der Waals surface area contributed by atoms with E-state index in [1.54, 1.807) is 17.5 Å². The molecule has 0 amide bonds. The Hall–Kier alpha value is -1.00. The van der Waals surface area contributed by atoms with Gasteiger partial charge in [0.25, 0.3) is 0 Å². The van der Waals surface area contributed by atoms with Gasteiger partial charge in [-0.25, -0.2) is 0 Å². The summed E-state index contributed by atoms with van der Waals surface area (Å²) in [4.78, 5) is 11.4. The molecule has 1 N–H and O–H groups in total. The number of rotatable bonds is 1. The van der Waals surface area contributed by atoms with Gasteiger partial charge < -0.3 is 5.11 Å². The number of hydrogen-bond acceptors (Lipinski definition) is 4. The summed E-state index contributed by atoms with van der Waals surface area (Å²) >= 11 is 5.50. The van der Waals surface area contributed by atoms with Crippen LogP contribution in [-0.4, -0.2) is 11.4 Å². The van der Waals surface area contributed by atoms with Gasteiger partial charge in [0.15, 0.2) is 6.29 Å². The van der Waals surface area contributed by atoms with Crippen LogP contribution in [0.5, 0.6) is 5.75 Å². The van der Waals surface area contributed by atoms with E-state index in [0.717, 1.165) is 11.0 Å². The first kappa shape index (κ1) is 8.59. The van der Waals surface area contributed by atoms with Gasteiger partial charge in [-0.15, -0.1) is 24.0 Å². The molecule has 0 bridgehead atoms. The van der Waals surface area contributed by atoms with Crippen molar-refractivity contribution in [3.8, 4) is 5.75 Å². The van der Waals surface area contributed by atoms with Crippen molar-refractivity contribution < 1.29 is 9.90 Å². The minimum absolute atomic E-state index is 0.207. The fourth-order valence-electron chi connectivity index (χ4n) is 1.22. The largest absolute Gasteiger partial charge is 0.506 e. The Kier molecular flexibility index (Phi) is 2.01. The molecule has 0 radical (unpaired) electrons. The van der Waals surface area contributed by atoms with Crippen molar-refractivity contribution in [2.45, 2.75) is 4.90 Å². The van der Waals surface area contributed by atoms with Crippen LogP contribution in [-0.2, 0) is 0 Å². The minimum atomic E-state index is 0.207. The molecule has 1 heterocycles. The van der Waals surface area contributed by atoms with E-state index in [9.17, 15) is 9.90 Å². The Balaban J connectivity index is 2.91. The number of carbonyl (C=O) groups is 1. The molecule has 2 nitrogen and oxygen atoms in total. The second-order valence-corrected chi connectivity index (χ2v) is 4.05. The van der Waals surface area contributed by atoms with Crippen molar-refractivity contribution in [2.24, 2.45) is 0 Å². The Morgan fingerprint density at radius 1 is 1.46 bits per heavy atom. The van der Waals surface area contributed by atoms with E-state index in [4.69, 9.17) is 0 Å². The molecule has 4 heteroatoms. The summed E-state index contributed by atoms with van der Waals surface area (Å²) in [5, 5.41) is 11.7. The van der Waals surface area contributed by atoms with Crippen molar-refractivity contribution in [1.82, 2.24) is 0 Å². The molecule has 2 rings (SSSR count). The van der Waals surface area contributed by atoms with Crippen LogP contribution in [0.3, 0.4) is 0 Å². The molecular weight excluding hydrogens is 204 g/mol. The fraction of sp³-hybridized carbons (Fsp3) is 0. The van der Waals surface area contributed by atoms with Crippen molar-refractivity contribution in [1.29, 1.82) is 0 Å². The van der Waals surface area contributed by atoms with E-state index in [2.05, 4.69) is 12.6 Å². The molecule has 1 aromatic carbocycles. The molecule has 0 saturated heterocycles. The van der Waals surface area contributed by atoms with Crippen LogP contribution >= 0.6 is 24.0 Å². The van der Waals surface area contributed by atoms with Crippen molar-refractivity contribution >= 4 is 40.3 Å². The van der Waals surface area contributed by atoms with Gasteiger partial charge in [0.1, 0.15) is 5.75 Å². The van der Waals surface area contributed by atoms with E-state index >= 15 is 0 Å². The van der Waals surface area contributed by atoms with Crippen LogP contribution < -0.4 is 0 Å². The lowest BCUT2D eigenvalue weighted by atomic mass is 10.2. The summed E-state index contributed by atoms with van der Waals surface area (Å²) in [6.07, 6.45) is 0.776. The Morgan fingerprint density at radius 2 is 2.23 bits per heavy atom. The Labute approximate surface area is 84.2 Å². The van der Waals surface area contributed by atoms with Gasteiger partial charge in [0.05, 0.1) is 0 Å². The molecule has 0 aliphatic heterocycles. The maximum atomic E-state index is 10.7. The van der Waals surface area contributed by atoms with Crippen molar-refractivity contribution in [3.63, 3.8) is 0 Å². The van der Waals surface area contributed by atoms with Crippen LogP contribution in [0, 0.1) is 0 Å². The third kappa shape index (κ3) is 1.32. The number of aldehydes is 1. The molecule has 1 aromatic heterocycles. The van der Waals surface area contributed by atoms with Crippen LogP contribution in [0.15, 0.2) is 22.4 Å². The first-order valence-corrected chi connectivity index (χ1v) is 4.93. The number of aromatic hydroxyl groups is 1. The van der Waals surface area contributed by atoms with E-state index in [-0.39, 0.29) is 5.75 Å². The summed E-state index contributed by atoms with van der Waals surface area (Å²) in [5.74, 6) is 0.207. The summed E-state index contributed by atoms with van der Waals surface area (Å²) in [6, 6.07) is 3.44. The first-order valence-electron chi connectivity index (χ1n) is 3.60. The quantitative estimate of drug-likeness (QED) is 0.561. The van der Waals surface area contributed by atoms with Gasteiger partial charge >= 0.3 is 0 Å². The zero-order chi connectivity index (χ0) is 9.42. The molecular formula is C9H6O2S2.